The number of ketones is 1. The number of carbonyl (C=O) groups excluding carboxylic acids is 1. The van der Waals surface area contributed by atoms with Crippen LogP contribution in [0.2, 0.25) is 0 Å². The van der Waals surface area contributed by atoms with E-state index in [1.54, 1.807) is 54.6 Å². The third-order valence-corrected chi connectivity index (χ3v) is 4.86. The minimum atomic E-state index is -0.427. The Bertz CT molecular complexity index is 1190. The Labute approximate surface area is 180 Å². The van der Waals surface area contributed by atoms with Gasteiger partial charge in [0, 0.05) is 11.1 Å². The van der Waals surface area contributed by atoms with E-state index >= 15 is 0 Å². The third kappa shape index (κ3) is 4.72. The molecule has 4 rings (SSSR count). The molecule has 4 nitrogen and oxygen atoms in total. The average Bonchev–Trinajstić information content (AvgIpc) is 3.23. The molecule has 0 atom stereocenters. The Morgan fingerprint density at radius 3 is 2.52 bits per heavy atom. The molecule has 0 aliphatic carbocycles. The van der Waals surface area contributed by atoms with Crippen molar-refractivity contribution in [3.8, 4) is 5.75 Å². The number of Topliss-reactive ketones (excluding diaryl/α,β-unsaturated/α-hetero) is 1. The second-order valence-electron chi connectivity index (χ2n) is 7.12. The average molecular weight is 415 g/mol. The largest absolute Gasteiger partial charge is 0.494 e. The number of oxazole rings is 1. The van der Waals surface area contributed by atoms with Crippen molar-refractivity contribution < 1.29 is 18.3 Å². The molecule has 0 spiro atoms. The summed E-state index contributed by atoms with van der Waals surface area (Å²) in [5, 5.41) is 0. The van der Waals surface area contributed by atoms with Gasteiger partial charge in [-0.3, -0.25) is 4.79 Å². The molecule has 0 unspecified atom stereocenters. The van der Waals surface area contributed by atoms with Crippen molar-refractivity contribution in [2.45, 2.75) is 19.8 Å². The monoisotopic (exact) mass is 415 g/mol. The summed E-state index contributed by atoms with van der Waals surface area (Å²) >= 11 is 0. The summed E-state index contributed by atoms with van der Waals surface area (Å²) in [6.07, 6.45) is 3.49. The summed E-state index contributed by atoms with van der Waals surface area (Å²) in [5.74, 6) is 0.114. The zero-order valence-corrected chi connectivity index (χ0v) is 17.2. The van der Waals surface area contributed by atoms with Crippen LogP contribution in [0.15, 0.2) is 77.2 Å². The minimum absolute atomic E-state index is 0.151. The molecule has 156 valence electrons. The lowest BCUT2D eigenvalue weighted by molar-refractivity contribution is 0.105. The predicted octanol–water partition coefficient (Wildman–Crippen LogP) is 6.57. The highest BCUT2D eigenvalue weighted by molar-refractivity contribution is 6.31. The molecule has 0 radical (unpaired) electrons. The van der Waals surface area contributed by atoms with Gasteiger partial charge in [0.1, 0.15) is 17.1 Å². The molecule has 1 aromatic heterocycles. The summed E-state index contributed by atoms with van der Waals surface area (Å²) < 4.78 is 25.8. The van der Waals surface area contributed by atoms with E-state index in [2.05, 4.69) is 11.9 Å². The first-order valence-corrected chi connectivity index (χ1v) is 10.3. The molecular weight excluding hydrogens is 393 g/mol. The van der Waals surface area contributed by atoms with Gasteiger partial charge >= 0.3 is 0 Å². The smallest absolute Gasteiger partial charge is 0.231 e. The second kappa shape index (κ2) is 9.39. The topological polar surface area (TPSA) is 52.3 Å². The molecule has 3 aromatic carbocycles. The summed E-state index contributed by atoms with van der Waals surface area (Å²) in [4.78, 5) is 17.8. The Morgan fingerprint density at radius 1 is 1.03 bits per heavy atom. The van der Waals surface area contributed by atoms with Crippen molar-refractivity contribution >= 4 is 28.5 Å². The van der Waals surface area contributed by atoms with E-state index in [-0.39, 0.29) is 22.8 Å². The summed E-state index contributed by atoms with van der Waals surface area (Å²) in [7, 11) is 0. The maximum atomic E-state index is 14.3. The lowest BCUT2D eigenvalue weighted by Gasteiger charge is -2.07. The van der Waals surface area contributed by atoms with Crippen LogP contribution in [0, 0.1) is 5.82 Å². The van der Waals surface area contributed by atoms with Crippen LogP contribution in [-0.4, -0.2) is 17.4 Å². The number of para-hydroxylation sites is 2. The first-order chi connectivity index (χ1) is 15.2. The van der Waals surface area contributed by atoms with E-state index < -0.39 is 5.82 Å². The number of hydrogen-bond acceptors (Lipinski definition) is 4. The molecule has 0 aliphatic heterocycles. The van der Waals surface area contributed by atoms with Crippen molar-refractivity contribution in [1.82, 2.24) is 4.98 Å². The van der Waals surface area contributed by atoms with Crippen LogP contribution < -0.4 is 4.74 Å². The van der Waals surface area contributed by atoms with Crippen molar-refractivity contribution in [2.24, 2.45) is 0 Å². The first kappa shape index (κ1) is 20.5. The Hall–Kier alpha value is -3.73. The predicted molar refractivity (Wildman–Crippen MR) is 119 cm³/mol. The van der Waals surface area contributed by atoms with Crippen LogP contribution in [0.25, 0.3) is 22.7 Å². The number of unbranched alkanes of at least 4 members (excludes halogenated alkanes) is 1. The van der Waals surface area contributed by atoms with Gasteiger partial charge in [0.2, 0.25) is 5.89 Å². The van der Waals surface area contributed by atoms with Gasteiger partial charge in [-0.25, -0.2) is 9.37 Å². The summed E-state index contributed by atoms with van der Waals surface area (Å²) in [5.41, 5.74) is 2.09. The molecule has 5 heteroatoms. The summed E-state index contributed by atoms with van der Waals surface area (Å²) in [6, 6.07) is 20.4. The lowest BCUT2D eigenvalue weighted by atomic mass is 10.0. The molecule has 0 bridgehead atoms. The fourth-order valence-corrected chi connectivity index (χ4v) is 3.15. The number of carbonyl (C=O) groups is 1. The fraction of sp³-hybridized carbons (Fsp3) is 0.154. The van der Waals surface area contributed by atoms with Crippen molar-refractivity contribution in [3.05, 3.63) is 95.6 Å². The Morgan fingerprint density at radius 2 is 1.77 bits per heavy atom. The van der Waals surface area contributed by atoms with Gasteiger partial charge in [0.05, 0.1) is 12.2 Å². The first-order valence-electron chi connectivity index (χ1n) is 10.3. The van der Waals surface area contributed by atoms with Gasteiger partial charge in [-0.1, -0.05) is 43.7 Å². The lowest BCUT2D eigenvalue weighted by Crippen LogP contribution is -2.04. The van der Waals surface area contributed by atoms with E-state index in [0.717, 1.165) is 12.8 Å². The van der Waals surface area contributed by atoms with Crippen LogP contribution in [-0.2, 0) is 0 Å². The fourth-order valence-electron chi connectivity index (χ4n) is 3.15. The number of hydrogen-bond donors (Lipinski definition) is 0. The van der Waals surface area contributed by atoms with E-state index in [0.29, 0.717) is 29.0 Å². The molecule has 0 amide bonds. The maximum Gasteiger partial charge on any atom is 0.231 e. The SMILES string of the molecule is CCCCOc1ccc(C(=O)/C(=C/c2ccccc2F)c2nc3ccccc3o2)cc1. The number of nitrogens with zero attached hydrogens (tertiary/aromatic N) is 1. The minimum Gasteiger partial charge on any atom is -0.494 e. The van der Waals surface area contributed by atoms with Crippen LogP contribution in [0.1, 0.15) is 41.6 Å². The van der Waals surface area contributed by atoms with Crippen LogP contribution in [0.3, 0.4) is 0 Å². The number of fused-ring (bicyclic) bond motifs is 1. The van der Waals surface area contributed by atoms with Gasteiger partial charge < -0.3 is 9.15 Å². The number of ether oxygens (including phenoxy) is 1. The molecule has 0 saturated carbocycles. The highest BCUT2D eigenvalue weighted by Crippen LogP contribution is 2.27. The van der Waals surface area contributed by atoms with Gasteiger partial charge in [-0.05, 0) is 55.0 Å². The standard InChI is InChI=1S/C26H22FNO3/c1-2-3-16-30-20-14-12-18(13-15-20)25(29)21(17-19-8-4-5-9-22(19)27)26-28-23-10-6-7-11-24(23)31-26/h4-15,17H,2-3,16H2,1H3/b21-17-. The van der Waals surface area contributed by atoms with E-state index in [4.69, 9.17) is 9.15 Å². The second-order valence-corrected chi connectivity index (χ2v) is 7.12. The normalized spacial score (nSPS) is 11.6. The van der Waals surface area contributed by atoms with E-state index in [1.165, 1.54) is 12.1 Å². The molecule has 31 heavy (non-hydrogen) atoms. The van der Waals surface area contributed by atoms with Gasteiger partial charge in [0.25, 0.3) is 0 Å². The number of aromatic nitrogens is 1. The molecule has 0 aliphatic rings. The van der Waals surface area contributed by atoms with Gasteiger partial charge in [0.15, 0.2) is 11.4 Å². The Kier molecular flexibility index (Phi) is 6.22. The van der Waals surface area contributed by atoms with Crippen LogP contribution >= 0.6 is 0 Å². The zero-order valence-electron chi connectivity index (χ0n) is 17.2. The van der Waals surface area contributed by atoms with E-state index in [1.807, 2.05) is 12.1 Å². The molecular formula is C26H22FNO3. The molecule has 0 N–H and O–H groups in total. The summed E-state index contributed by atoms with van der Waals surface area (Å²) in [6.45, 7) is 2.73. The molecule has 0 saturated heterocycles. The number of halogens is 1. The number of benzene rings is 3. The Balaban J connectivity index is 1.72. The highest BCUT2D eigenvalue weighted by atomic mass is 19.1. The molecule has 4 aromatic rings. The number of allylic oxidation sites excluding steroid dienone is 1. The zero-order chi connectivity index (χ0) is 21.6. The molecule has 1 heterocycles. The van der Waals surface area contributed by atoms with Crippen molar-refractivity contribution in [2.75, 3.05) is 6.61 Å². The van der Waals surface area contributed by atoms with Gasteiger partial charge in [-0.2, -0.15) is 0 Å². The van der Waals surface area contributed by atoms with Crippen molar-refractivity contribution in [3.63, 3.8) is 0 Å². The maximum absolute atomic E-state index is 14.3. The third-order valence-electron chi connectivity index (χ3n) is 4.86. The van der Waals surface area contributed by atoms with Crippen LogP contribution in [0.4, 0.5) is 4.39 Å². The molecule has 0 fully saturated rings. The van der Waals surface area contributed by atoms with Gasteiger partial charge in [-0.15, -0.1) is 0 Å². The van der Waals surface area contributed by atoms with E-state index in [9.17, 15) is 9.18 Å². The van der Waals surface area contributed by atoms with Crippen LogP contribution in [0.5, 0.6) is 5.75 Å². The quantitative estimate of drug-likeness (QED) is 0.186. The highest BCUT2D eigenvalue weighted by Gasteiger charge is 2.21. The van der Waals surface area contributed by atoms with Crippen molar-refractivity contribution in [1.29, 1.82) is 0 Å². The number of rotatable bonds is 8.